The lowest BCUT2D eigenvalue weighted by Gasteiger charge is -2.18. The molecule has 1 amide bonds. The first kappa shape index (κ1) is 24.4. The van der Waals surface area contributed by atoms with Crippen molar-refractivity contribution in [1.82, 2.24) is 9.88 Å². The largest absolute Gasteiger partial charge is 0.497 e. The van der Waals surface area contributed by atoms with Gasteiger partial charge >= 0.3 is 0 Å². The zero-order valence-corrected chi connectivity index (χ0v) is 21.0. The molecule has 1 heterocycles. The number of aromatic nitrogens is 1. The zero-order chi connectivity index (χ0) is 24.8. The summed E-state index contributed by atoms with van der Waals surface area (Å²) < 4.78 is 12.9. The quantitative estimate of drug-likeness (QED) is 0.309. The molecule has 1 N–H and O–H groups in total. The first-order chi connectivity index (χ1) is 17.0. The van der Waals surface area contributed by atoms with Crippen molar-refractivity contribution in [2.24, 2.45) is 5.92 Å². The average Bonchev–Trinajstić information content (AvgIpc) is 3.24. The van der Waals surface area contributed by atoms with Crippen LogP contribution in [0.5, 0.6) is 11.5 Å². The smallest absolute Gasteiger partial charge is 0.220 e. The highest BCUT2D eigenvalue weighted by atomic mass is 16.5. The highest BCUT2D eigenvalue weighted by molar-refractivity contribution is 5.86. The van der Waals surface area contributed by atoms with Gasteiger partial charge in [0.2, 0.25) is 5.91 Å². The SMILES string of the molecule is COc1ccc(Cn2cc([C@@H](CC(=O)NCC(C)C)c3ccc(OC)cc3)c3ccccc32)cc1. The van der Waals surface area contributed by atoms with Crippen molar-refractivity contribution >= 4 is 16.8 Å². The number of carbonyl (C=O) groups is 1. The third kappa shape index (κ3) is 5.86. The monoisotopic (exact) mass is 470 g/mol. The molecule has 4 aromatic rings. The fraction of sp³-hybridized carbons (Fsp3) is 0.300. The molecule has 0 saturated carbocycles. The van der Waals surface area contributed by atoms with E-state index in [1.807, 2.05) is 24.3 Å². The molecule has 0 saturated heterocycles. The van der Waals surface area contributed by atoms with Crippen LogP contribution >= 0.6 is 0 Å². The maximum Gasteiger partial charge on any atom is 0.220 e. The molecule has 3 aromatic carbocycles. The van der Waals surface area contributed by atoms with Crippen LogP contribution in [0.2, 0.25) is 0 Å². The molecule has 0 aliphatic rings. The molecule has 1 atom stereocenters. The molecule has 0 spiro atoms. The molecule has 1 aromatic heterocycles. The van der Waals surface area contributed by atoms with E-state index >= 15 is 0 Å². The number of methoxy groups -OCH3 is 2. The number of carbonyl (C=O) groups excluding carboxylic acids is 1. The molecule has 5 heteroatoms. The van der Waals surface area contributed by atoms with Crippen molar-refractivity contribution in [1.29, 1.82) is 0 Å². The van der Waals surface area contributed by atoms with Crippen LogP contribution in [0.1, 0.15) is 42.9 Å². The van der Waals surface area contributed by atoms with Crippen LogP contribution < -0.4 is 14.8 Å². The third-order valence-corrected chi connectivity index (χ3v) is 6.32. The van der Waals surface area contributed by atoms with Crippen molar-refractivity contribution in [3.63, 3.8) is 0 Å². The maximum atomic E-state index is 13.0. The van der Waals surface area contributed by atoms with Crippen molar-refractivity contribution in [2.45, 2.75) is 32.7 Å². The summed E-state index contributed by atoms with van der Waals surface area (Å²) in [6.45, 7) is 5.62. The molecule has 0 aliphatic heterocycles. The Hall–Kier alpha value is -3.73. The van der Waals surface area contributed by atoms with Crippen LogP contribution in [-0.2, 0) is 11.3 Å². The average molecular weight is 471 g/mol. The van der Waals surface area contributed by atoms with Crippen LogP contribution in [0.15, 0.2) is 79.0 Å². The minimum Gasteiger partial charge on any atom is -0.497 e. The minimum absolute atomic E-state index is 0.0616. The number of benzene rings is 3. The van der Waals surface area contributed by atoms with Gasteiger partial charge in [-0.05, 0) is 52.9 Å². The van der Waals surface area contributed by atoms with Crippen molar-refractivity contribution < 1.29 is 14.3 Å². The van der Waals surface area contributed by atoms with E-state index < -0.39 is 0 Å². The van der Waals surface area contributed by atoms with Gasteiger partial charge < -0.3 is 19.4 Å². The predicted molar refractivity (Wildman–Crippen MR) is 141 cm³/mol. The normalized spacial score (nSPS) is 12.0. The van der Waals surface area contributed by atoms with Gasteiger partial charge in [-0.1, -0.05) is 56.3 Å². The Morgan fingerprint density at radius 1 is 0.886 bits per heavy atom. The molecule has 0 bridgehead atoms. The molecule has 0 aliphatic carbocycles. The van der Waals surface area contributed by atoms with Gasteiger partial charge in [0.25, 0.3) is 0 Å². The Bertz CT molecular complexity index is 1260. The second kappa shape index (κ2) is 11.1. The van der Waals surface area contributed by atoms with E-state index in [0.29, 0.717) is 18.9 Å². The molecular formula is C30H34N2O3. The Labute approximate surface area is 207 Å². The molecule has 0 radical (unpaired) electrons. The van der Waals surface area contributed by atoms with Gasteiger partial charge in [0.05, 0.1) is 14.2 Å². The molecule has 0 fully saturated rings. The topological polar surface area (TPSA) is 52.5 Å². The minimum atomic E-state index is -0.0740. The lowest BCUT2D eigenvalue weighted by atomic mass is 9.88. The van der Waals surface area contributed by atoms with Crippen LogP contribution in [0, 0.1) is 5.92 Å². The number of fused-ring (bicyclic) bond motifs is 1. The van der Waals surface area contributed by atoms with Crippen molar-refractivity contribution in [2.75, 3.05) is 20.8 Å². The molecule has 35 heavy (non-hydrogen) atoms. The van der Waals surface area contributed by atoms with E-state index in [1.165, 1.54) is 10.9 Å². The predicted octanol–water partition coefficient (Wildman–Crippen LogP) is 6.00. The second-order valence-corrected chi connectivity index (χ2v) is 9.31. The summed E-state index contributed by atoms with van der Waals surface area (Å²) in [6, 6.07) is 24.6. The fourth-order valence-corrected chi connectivity index (χ4v) is 4.43. The maximum absolute atomic E-state index is 13.0. The zero-order valence-electron chi connectivity index (χ0n) is 21.0. The van der Waals surface area contributed by atoms with E-state index in [9.17, 15) is 4.79 Å². The van der Waals surface area contributed by atoms with E-state index in [0.717, 1.165) is 34.7 Å². The number of hydrogen-bond acceptors (Lipinski definition) is 3. The van der Waals surface area contributed by atoms with Gasteiger partial charge in [-0.3, -0.25) is 4.79 Å². The number of rotatable bonds is 10. The van der Waals surface area contributed by atoms with E-state index in [-0.39, 0.29) is 11.8 Å². The Morgan fingerprint density at radius 3 is 2.14 bits per heavy atom. The number of nitrogens with zero attached hydrogens (tertiary/aromatic N) is 1. The summed E-state index contributed by atoms with van der Waals surface area (Å²) >= 11 is 0. The van der Waals surface area contributed by atoms with Gasteiger partial charge in [0, 0.05) is 42.5 Å². The summed E-state index contributed by atoms with van der Waals surface area (Å²) in [5.41, 5.74) is 4.59. The first-order valence-corrected chi connectivity index (χ1v) is 12.1. The number of hydrogen-bond donors (Lipinski definition) is 1. The van der Waals surface area contributed by atoms with E-state index in [1.54, 1.807) is 14.2 Å². The molecule has 182 valence electrons. The van der Waals surface area contributed by atoms with Gasteiger partial charge in [-0.15, -0.1) is 0 Å². The second-order valence-electron chi connectivity index (χ2n) is 9.31. The van der Waals surface area contributed by atoms with Crippen LogP contribution in [0.3, 0.4) is 0 Å². The number of amides is 1. The van der Waals surface area contributed by atoms with Gasteiger partial charge in [0.15, 0.2) is 0 Å². The molecule has 0 unspecified atom stereocenters. The highest BCUT2D eigenvalue weighted by Gasteiger charge is 2.23. The molecular weight excluding hydrogens is 436 g/mol. The summed E-state index contributed by atoms with van der Waals surface area (Å²) in [5, 5.41) is 4.26. The first-order valence-electron chi connectivity index (χ1n) is 12.1. The molecule has 5 nitrogen and oxygen atoms in total. The third-order valence-electron chi connectivity index (χ3n) is 6.32. The number of para-hydroxylation sites is 1. The van der Waals surface area contributed by atoms with Crippen LogP contribution in [-0.4, -0.2) is 31.2 Å². The summed E-state index contributed by atoms with van der Waals surface area (Å²) in [5.74, 6) is 2.05. The van der Waals surface area contributed by atoms with Gasteiger partial charge in [0.1, 0.15) is 11.5 Å². The lowest BCUT2D eigenvalue weighted by molar-refractivity contribution is -0.121. The summed E-state index contributed by atoms with van der Waals surface area (Å²) in [7, 11) is 3.34. The van der Waals surface area contributed by atoms with Crippen molar-refractivity contribution in [3.05, 3.63) is 95.7 Å². The Kier molecular flexibility index (Phi) is 7.76. The van der Waals surface area contributed by atoms with Gasteiger partial charge in [-0.2, -0.15) is 0 Å². The van der Waals surface area contributed by atoms with Gasteiger partial charge in [-0.25, -0.2) is 0 Å². The number of nitrogens with one attached hydrogen (secondary N) is 1. The fourth-order valence-electron chi connectivity index (χ4n) is 4.43. The van der Waals surface area contributed by atoms with E-state index in [4.69, 9.17) is 9.47 Å². The Morgan fingerprint density at radius 2 is 1.51 bits per heavy atom. The lowest BCUT2D eigenvalue weighted by Crippen LogP contribution is -2.28. The standard InChI is InChI=1S/C30H34N2O3/c1-21(2)18-31-30(33)17-27(23-11-15-25(35-4)16-12-23)28-20-32(29-8-6-5-7-26(28)29)19-22-9-13-24(34-3)14-10-22/h5-16,20-21,27H,17-19H2,1-4H3,(H,31,33)/t27-/m0/s1. The number of ether oxygens (including phenoxy) is 2. The summed E-state index contributed by atoms with van der Waals surface area (Å²) in [6.07, 6.45) is 2.59. The highest BCUT2D eigenvalue weighted by Crippen LogP contribution is 2.36. The summed E-state index contributed by atoms with van der Waals surface area (Å²) in [4.78, 5) is 13.0. The molecule has 4 rings (SSSR count). The Balaban J connectivity index is 1.73. The van der Waals surface area contributed by atoms with Crippen molar-refractivity contribution in [3.8, 4) is 11.5 Å². The van der Waals surface area contributed by atoms with Crippen LogP contribution in [0.4, 0.5) is 0 Å². The van der Waals surface area contributed by atoms with E-state index in [2.05, 4.69) is 78.5 Å². The van der Waals surface area contributed by atoms with Crippen LogP contribution in [0.25, 0.3) is 10.9 Å².